The van der Waals surface area contributed by atoms with E-state index in [1.165, 1.54) is 23.3 Å². The molecule has 0 saturated carbocycles. The fraction of sp³-hybridized carbons (Fsp3) is 0.111. The third-order valence-electron chi connectivity index (χ3n) is 1.85. The normalized spacial score (nSPS) is 10.2. The van der Waals surface area contributed by atoms with Crippen molar-refractivity contribution in [2.45, 2.75) is 0 Å². The summed E-state index contributed by atoms with van der Waals surface area (Å²) >= 11 is 5.83. The molecule has 2 rings (SSSR count). The van der Waals surface area contributed by atoms with Crippen LogP contribution in [0, 0.1) is 0 Å². The van der Waals surface area contributed by atoms with E-state index in [1.54, 1.807) is 7.05 Å². The van der Waals surface area contributed by atoms with Crippen LogP contribution in [-0.2, 0) is 7.05 Å². The summed E-state index contributed by atoms with van der Waals surface area (Å²) in [5, 5.41) is 12.6. The maximum absolute atomic E-state index is 10.8. The third-order valence-corrected chi connectivity index (χ3v) is 2.22. The van der Waals surface area contributed by atoms with Crippen LogP contribution in [-0.4, -0.2) is 30.8 Å². The summed E-state index contributed by atoms with van der Waals surface area (Å²) < 4.78 is 6.61. The minimum atomic E-state index is -1.16. The zero-order valence-corrected chi connectivity index (χ0v) is 9.42. The van der Waals surface area contributed by atoms with Crippen molar-refractivity contribution in [3.05, 3.63) is 29.2 Å². The van der Waals surface area contributed by atoms with Gasteiger partial charge in [0.1, 0.15) is 11.3 Å². The third kappa shape index (κ3) is 2.34. The molecule has 0 radical (unpaired) electrons. The van der Waals surface area contributed by atoms with E-state index in [0.717, 1.165) is 0 Å². The summed E-state index contributed by atoms with van der Waals surface area (Å²) in [6.07, 6.45) is 2.72. The SMILES string of the molecule is Cn1cnc(Oc2nccc(C(=O)O)c2Cl)n1. The Morgan fingerprint density at radius 1 is 1.53 bits per heavy atom. The quantitative estimate of drug-likeness (QED) is 0.889. The average molecular weight is 255 g/mol. The van der Waals surface area contributed by atoms with Crippen LogP contribution in [0.15, 0.2) is 18.6 Å². The molecule has 88 valence electrons. The second kappa shape index (κ2) is 4.38. The Kier molecular flexibility index (Phi) is 2.92. The van der Waals surface area contributed by atoms with Crippen LogP contribution in [0.25, 0.3) is 0 Å². The fourth-order valence-corrected chi connectivity index (χ4v) is 1.34. The Labute approximate surface area is 101 Å². The van der Waals surface area contributed by atoms with E-state index in [9.17, 15) is 4.79 Å². The average Bonchev–Trinajstić information content (AvgIpc) is 2.67. The lowest BCUT2D eigenvalue weighted by Crippen LogP contribution is -2.00. The monoisotopic (exact) mass is 254 g/mol. The summed E-state index contributed by atoms with van der Waals surface area (Å²) in [5.74, 6) is -1.20. The summed E-state index contributed by atoms with van der Waals surface area (Å²) in [6, 6.07) is 1.33. The van der Waals surface area contributed by atoms with E-state index in [-0.39, 0.29) is 22.5 Å². The molecule has 0 fully saturated rings. The van der Waals surface area contributed by atoms with Gasteiger partial charge in [-0.2, -0.15) is 4.98 Å². The number of aryl methyl sites for hydroxylation is 1. The molecule has 0 aliphatic carbocycles. The van der Waals surface area contributed by atoms with Gasteiger partial charge in [0.05, 0.1) is 5.56 Å². The number of carboxylic acids is 1. The van der Waals surface area contributed by atoms with Gasteiger partial charge in [-0.05, 0) is 6.07 Å². The Balaban J connectivity index is 2.33. The van der Waals surface area contributed by atoms with Gasteiger partial charge in [-0.15, -0.1) is 5.10 Å². The Hall–Kier alpha value is -2.15. The number of pyridine rings is 1. The van der Waals surface area contributed by atoms with Crippen molar-refractivity contribution >= 4 is 17.6 Å². The molecular formula is C9H7ClN4O3. The van der Waals surface area contributed by atoms with Crippen LogP contribution in [0.5, 0.6) is 11.9 Å². The maximum Gasteiger partial charge on any atom is 0.342 e. The number of nitrogens with zero attached hydrogens (tertiary/aromatic N) is 4. The van der Waals surface area contributed by atoms with Gasteiger partial charge >= 0.3 is 12.0 Å². The van der Waals surface area contributed by atoms with Crippen molar-refractivity contribution in [3.8, 4) is 11.9 Å². The molecule has 0 saturated heterocycles. The molecule has 8 heteroatoms. The predicted octanol–water partition coefficient (Wildman–Crippen LogP) is 1.35. The number of ether oxygens (including phenoxy) is 1. The van der Waals surface area contributed by atoms with Crippen molar-refractivity contribution < 1.29 is 14.6 Å². The van der Waals surface area contributed by atoms with Crippen LogP contribution in [0.2, 0.25) is 5.02 Å². The van der Waals surface area contributed by atoms with Crippen LogP contribution >= 0.6 is 11.6 Å². The summed E-state index contributed by atoms with van der Waals surface area (Å²) in [6.45, 7) is 0. The molecule has 0 aliphatic heterocycles. The zero-order valence-electron chi connectivity index (χ0n) is 8.66. The van der Waals surface area contributed by atoms with Gasteiger partial charge < -0.3 is 9.84 Å². The first-order valence-electron chi connectivity index (χ1n) is 4.49. The van der Waals surface area contributed by atoms with Gasteiger partial charge in [-0.3, -0.25) is 4.68 Å². The van der Waals surface area contributed by atoms with Gasteiger partial charge in [-0.25, -0.2) is 9.78 Å². The molecule has 0 aromatic carbocycles. The highest BCUT2D eigenvalue weighted by molar-refractivity contribution is 6.34. The van der Waals surface area contributed by atoms with Gasteiger partial charge in [0.2, 0.25) is 5.88 Å². The lowest BCUT2D eigenvalue weighted by atomic mass is 10.3. The molecular weight excluding hydrogens is 248 g/mol. The topological polar surface area (TPSA) is 90.1 Å². The number of aromatic nitrogens is 4. The summed E-state index contributed by atoms with van der Waals surface area (Å²) in [5.41, 5.74) is -0.0902. The van der Waals surface area contributed by atoms with Crippen molar-refractivity contribution in [3.63, 3.8) is 0 Å². The van der Waals surface area contributed by atoms with Crippen molar-refractivity contribution in [2.24, 2.45) is 7.05 Å². The first-order valence-corrected chi connectivity index (χ1v) is 4.87. The van der Waals surface area contributed by atoms with Crippen LogP contribution in [0.3, 0.4) is 0 Å². The molecule has 2 aromatic heterocycles. The molecule has 7 nitrogen and oxygen atoms in total. The Morgan fingerprint density at radius 3 is 2.88 bits per heavy atom. The number of carboxylic acid groups (broad SMARTS) is 1. The van der Waals surface area contributed by atoms with E-state index in [1.807, 2.05) is 0 Å². The van der Waals surface area contributed by atoms with Gasteiger partial charge in [0, 0.05) is 13.2 Å². The minimum absolute atomic E-state index is 0.0437. The molecule has 0 aliphatic rings. The van der Waals surface area contributed by atoms with Crippen molar-refractivity contribution in [1.82, 2.24) is 19.7 Å². The van der Waals surface area contributed by atoms with E-state index < -0.39 is 5.97 Å². The number of hydrogen-bond donors (Lipinski definition) is 1. The predicted molar refractivity (Wildman–Crippen MR) is 57.3 cm³/mol. The lowest BCUT2D eigenvalue weighted by Gasteiger charge is -2.04. The maximum atomic E-state index is 10.8. The van der Waals surface area contributed by atoms with Crippen molar-refractivity contribution in [1.29, 1.82) is 0 Å². The van der Waals surface area contributed by atoms with Gasteiger partial charge in [0.15, 0.2) is 0 Å². The highest BCUT2D eigenvalue weighted by Crippen LogP contribution is 2.28. The van der Waals surface area contributed by atoms with Crippen LogP contribution < -0.4 is 4.74 Å². The molecule has 17 heavy (non-hydrogen) atoms. The van der Waals surface area contributed by atoms with E-state index >= 15 is 0 Å². The molecule has 2 heterocycles. The Bertz CT molecular complexity index is 569. The first kappa shape index (κ1) is 11.3. The number of rotatable bonds is 3. The summed E-state index contributed by atoms with van der Waals surface area (Å²) in [7, 11) is 1.67. The molecule has 0 unspecified atom stereocenters. The molecule has 0 amide bonds. The summed E-state index contributed by atoms with van der Waals surface area (Å²) in [4.78, 5) is 18.5. The minimum Gasteiger partial charge on any atom is -0.478 e. The molecule has 0 atom stereocenters. The smallest absolute Gasteiger partial charge is 0.342 e. The van der Waals surface area contributed by atoms with Crippen LogP contribution in [0.4, 0.5) is 0 Å². The largest absolute Gasteiger partial charge is 0.478 e. The molecule has 0 bridgehead atoms. The van der Waals surface area contributed by atoms with E-state index in [4.69, 9.17) is 21.4 Å². The second-order valence-corrected chi connectivity index (χ2v) is 3.46. The molecule has 2 aromatic rings. The van der Waals surface area contributed by atoms with E-state index in [0.29, 0.717) is 0 Å². The number of aromatic carboxylic acids is 1. The number of carbonyl (C=O) groups is 1. The second-order valence-electron chi connectivity index (χ2n) is 3.09. The number of halogens is 1. The van der Waals surface area contributed by atoms with Crippen molar-refractivity contribution in [2.75, 3.05) is 0 Å². The Morgan fingerprint density at radius 2 is 2.29 bits per heavy atom. The fourth-order valence-electron chi connectivity index (χ4n) is 1.11. The van der Waals surface area contributed by atoms with E-state index in [2.05, 4.69) is 15.1 Å². The highest BCUT2D eigenvalue weighted by Gasteiger charge is 2.15. The van der Waals surface area contributed by atoms with Gasteiger partial charge in [0.25, 0.3) is 0 Å². The number of hydrogen-bond acceptors (Lipinski definition) is 5. The highest BCUT2D eigenvalue weighted by atomic mass is 35.5. The van der Waals surface area contributed by atoms with Gasteiger partial charge in [-0.1, -0.05) is 11.6 Å². The molecule has 1 N–H and O–H groups in total. The lowest BCUT2D eigenvalue weighted by molar-refractivity contribution is 0.0696. The standard InChI is InChI=1S/C9H7ClN4O3/c1-14-4-12-9(13-14)17-7-6(10)5(8(15)16)2-3-11-7/h2-4H,1H3,(H,15,16). The molecule has 0 spiro atoms. The first-order chi connectivity index (χ1) is 8.08. The zero-order chi connectivity index (χ0) is 12.4. The van der Waals surface area contributed by atoms with Crippen LogP contribution in [0.1, 0.15) is 10.4 Å².